The van der Waals surface area contributed by atoms with E-state index in [9.17, 15) is 0 Å². The fourth-order valence-electron chi connectivity index (χ4n) is 1.55. The van der Waals surface area contributed by atoms with Crippen LogP contribution < -0.4 is 4.74 Å². The number of aromatic nitrogens is 1. The first-order valence-electron chi connectivity index (χ1n) is 5.64. The highest BCUT2D eigenvalue weighted by molar-refractivity contribution is 5.32. The third-order valence-electron chi connectivity index (χ3n) is 2.51. The molecule has 0 amide bonds. The summed E-state index contributed by atoms with van der Waals surface area (Å²) in [6.45, 7) is 2.09. The van der Waals surface area contributed by atoms with Crippen LogP contribution >= 0.6 is 0 Å². The molecule has 0 aliphatic carbocycles. The first-order valence-corrected chi connectivity index (χ1v) is 5.64. The van der Waals surface area contributed by atoms with Gasteiger partial charge in [-0.15, -0.1) is 0 Å². The van der Waals surface area contributed by atoms with Crippen LogP contribution in [-0.4, -0.2) is 10.1 Å². The number of aliphatic hydroxyl groups excluding tert-OH is 1. The number of rotatable bonds is 4. The van der Waals surface area contributed by atoms with E-state index in [0.717, 1.165) is 17.7 Å². The summed E-state index contributed by atoms with van der Waals surface area (Å²) in [4.78, 5) is 4.10. The minimum Gasteiger partial charge on any atom is -0.439 e. The maximum absolute atomic E-state index is 9.03. The van der Waals surface area contributed by atoms with Gasteiger partial charge in [-0.3, -0.25) is 0 Å². The van der Waals surface area contributed by atoms with Crippen molar-refractivity contribution in [2.75, 3.05) is 0 Å². The molecule has 0 saturated carbocycles. The summed E-state index contributed by atoms with van der Waals surface area (Å²) < 4.78 is 5.64. The molecule has 1 aromatic heterocycles. The Hall–Kier alpha value is -1.87. The van der Waals surface area contributed by atoms with Crippen molar-refractivity contribution in [1.29, 1.82) is 0 Å². The van der Waals surface area contributed by atoms with E-state index in [1.807, 2.05) is 18.2 Å². The van der Waals surface area contributed by atoms with Gasteiger partial charge in [0.1, 0.15) is 5.75 Å². The smallest absolute Gasteiger partial charge is 0.219 e. The molecule has 3 heteroatoms. The van der Waals surface area contributed by atoms with Crippen LogP contribution in [0, 0.1) is 0 Å². The van der Waals surface area contributed by atoms with Gasteiger partial charge in [-0.2, -0.15) is 0 Å². The van der Waals surface area contributed by atoms with E-state index >= 15 is 0 Å². The van der Waals surface area contributed by atoms with Crippen LogP contribution in [0.2, 0.25) is 0 Å². The molecule has 0 aliphatic heterocycles. The lowest BCUT2D eigenvalue weighted by Gasteiger charge is -2.06. The predicted molar refractivity (Wildman–Crippen MR) is 66.1 cm³/mol. The number of nitrogens with zero attached hydrogens (tertiary/aromatic N) is 1. The van der Waals surface area contributed by atoms with Crippen LogP contribution in [0.3, 0.4) is 0 Å². The summed E-state index contributed by atoms with van der Waals surface area (Å²) in [6, 6.07) is 11.4. The summed E-state index contributed by atoms with van der Waals surface area (Å²) in [5.74, 6) is 1.27. The minimum atomic E-state index is -0.00607. The lowest BCUT2D eigenvalue weighted by molar-refractivity contribution is 0.281. The maximum atomic E-state index is 9.03. The maximum Gasteiger partial charge on any atom is 0.219 e. The normalized spacial score (nSPS) is 10.2. The van der Waals surface area contributed by atoms with Gasteiger partial charge in [-0.25, -0.2) is 4.98 Å². The highest BCUT2D eigenvalue weighted by Crippen LogP contribution is 2.21. The second-order valence-corrected chi connectivity index (χ2v) is 3.76. The van der Waals surface area contributed by atoms with Crippen LogP contribution in [0.4, 0.5) is 0 Å². The lowest BCUT2D eigenvalue weighted by Crippen LogP contribution is -1.91. The van der Waals surface area contributed by atoms with Crippen molar-refractivity contribution >= 4 is 0 Å². The van der Waals surface area contributed by atoms with E-state index < -0.39 is 0 Å². The Kier molecular flexibility index (Phi) is 3.73. The van der Waals surface area contributed by atoms with Crippen molar-refractivity contribution in [3.05, 3.63) is 53.7 Å². The van der Waals surface area contributed by atoms with Crippen molar-refractivity contribution in [3.8, 4) is 11.6 Å². The molecule has 1 N–H and O–H groups in total. The SMILES string of the molecule is CCc1cccc(Oc2cc(CO)ccn2)c1. The number of ether oxygens (including phenoxy) is 1. The van der Waals surface area contributed by atoms with Crippen molar-refractivity contribution in [3.63, 3.8) is 0 Å². The first kappa shape index (κ1) is 11.6. The van der Waals surface area contributed by atoms with Gasteiger partial charge in [0, 0.05) is 12.3 Å². The summed E-state index contributed by atoms with van der Waals surface area (Å²) in [6.07, 6.45) is 2.60. The second kappa shape index (κ2) is 5.46. The largest absolute Gasteiger partial charge is 0.439 e. The Morgan fingerprint density at radius 1 is 1.18 bits per heavy atom. The van der Waals surface area contributed by atoms with E-state index in [1.54, 1.807) is 18.3 Å². The van der Waals surface area contributed by atoms with E-state index in [-0.39, 0.29) is 6.61 Å². The molecule has 0 atom stereocenters. The summed E-state index contributed by atoms with van der Waals surface area (Å²) >= 11 is 0. The number of hydrogen-bond donors (Lipinski definition) is 1. The fraction of sp³-hybridized carbons (Fsp3) is 0.214. The zero-order valence-corrected chi connectivity index (χ0v) is 9.76. The molecule has 0 unspecified atom stereocenters. The van der Waals surface area contributed by atoms with Crippen LogP contribution in [0.5, 0.6) is 11.6 Å². The Balaban J connectivity index is 2.18. The van der Waals surface area contributed by atoms with Gasteiger partial charge >= 0.3 is 0 Å². The molecular weight excluding hydrogens is 214 g/mol. The Morgan fingerprint density at radius 3 is 2.82 bits per heavy atom. The summed E-state index contributed by atoms with van der Waals surface area (Å²) in [5, 5.41) is 9.03. The van der Waals surface area contributed by atoms with E-state index in [4.69, 9.17) is 9.84 Å². The highest BCUT2D eigenvalue weighted by atomic mass is 16.5. The van der Waals surface area contributed by atoms with Crippen molar-refractivity contribution in [2.24, 2.45) is 0 Å². The molecule has 3 nitrogen and oxygen atoms in total. The molecule has 0 fully saturated rings. The molecule has 2 aromatic rings. The lowest BCUT2D eigenvalue weighted by atomic mass is 10.2. The van der Waals surface area contributed by atoms with Gasteiger partial charge in [0.15, 0.2) is 0 Å². The minimum absolute atomic E-state index is 0.00607. The molecule has 0 bridgehead atoms. The average molecular weight is 229 g/mol. The monoisotopic (exact) mass is 229 g/mol. The molecule has 0 spiro atoms. The number of hydrogen-bond acceptors (Lipinski definition) is 3. The Morgan fingerprint density at radius 2 is 2.06 bits per heavy atom. The average Bonchev–Trinajstić information content (AvgIpc) is 2.39. The molecule has 0 saturated heterocycles. The molecular formula is C14H15NO2. The third-order valence-corrected chi connectivity index (χ3v) is 2.51. The Labute approximate surface area is 101 Å². The predicted octanol–water partition coefficient (Wildman–Crippen LogP) is 2.93. The highest BCUT2D eigenvalue weighted by Gasteiger charge is 2.00. The molecule has 1 aromatic carbocycles. The van der Waals surface area contributed by atoms with Gasteiger partial charge in [0.25, 0.3) is 0 Å². The zero-order chi connectivity index (χ0) is 12.1. The van der Waals surface area contributed by atoms with Crippen LogP contribution in [0.25, 0.3) is 0 Å². The van der Waals surface area contributed by atoms with Crippen LogP contribution in [0.15, 0.2) is 42.6 Å². The molecule has 0 aliphatic rings. The van der Waals surface area contributed by atoms with Crippen LogP contribution in [0.1, 0.15) is 18.1 Å². The first-order chi connectivity index (χ1) is 8.31. The van der Waals surface area contributed by atoms with Gasteiger partial charge in [-0.1, -0.05) is 19.1 Å². The van der Waals surface area contributed by atoms with E-state index in [0.29, 0.717) is 5.88 Å². The second-order valence-electron chi connectivity index (χ2n) is 3.76. The molecule has 88 valence electrons. The number of benzene rings is 1. The van der Waals surface area contributed by atoms with Crippen molar-refractivity contribution in [1.82, 2.24) is 4.98 Å². The van der Waals surface area contributed by atoms with Gasteiger partial charge < -0.3 is 9.84 Å². The molecule has 17 heavy (non-hydrogen) atoms. The van der Waals surface area contributed by atoms with E-state index in [2.05, 4.69) is 18.0 Å². The van der Waals surface area contributed by atoms with E-state index in [1.165, 1.54) is 5.56 Å². The number of aryl methyl sites for hydroxylation is 1. The quantitative estimate of drug-likeness (QED) is 0.876. The van der Waals surface area contributed by atoms with Gasteiger partial charge in [-0.05, 0) is 35.7 Å². The number of aliphatic hydroxyl groups is 1. The summed E-state index contributed by atoms with van der Waals surface area (Å²) in [7, 11) is 0. The van der Waals surface area contributed by atoms with Crippen molar-refractivity contribution < 1.29 is 9.84 Å². The fourth-order valence-corrected chi connectivity index (χ4v) is 1.55. The molecule has 0 radical (unpaired) electrons. The van der Waals surface area contributed by atoms with Crippen LogP contribution in [-0.2, 0) is 13.0 Å². The topological polar surface area (TPSA) is 42.4 Å². The zero-order valence-electron chi connectivity index (χ0n) is 9.76. The summed E-state index contributed by atoms with van der Waals surface area (Å²) in [5.41, 5.74) is 2.02. The third kappa shape index (κ3) is 3.04. The van der Waals surface area contributed by atoms with Crippen molar-refractivity contribution in [2.45, 2.75) is 20.0 Å². The van der Waals surface area contributed by atoms with Gasteiger partial charge in [0.2, 0.25) is 5.88 Å². The number of pyridine rings is 1. The van der Waals surface area contributed by atoms with Gasteiger partial charge in [0.05, 0.1) is 6.61 Å². The Bertz CT molecular complexity index is 452. The standard InChI is InChI=1S/C14H15NO2/c1-2-11-4-3-5-13(8-11)17-14-9-12(10-16)6-7-15-14/h3-9,16H,2,10H2,1H3. The molecule has 2 rings (SSSR count). The molecule has 1 heterocycles.